The van der Waals surface area contributed by atoms with Gasteiger partial charge >= 0.3 is 0 Å². The van der Waals surface area contributed by atoms with Crippen LogP contribution < -0.4 is 5.32 Å². The van der Waals surface area contributed by atoms with Crippen LogP contribution in [0.15, 0.2) is 24.5 Å². The number of nitrogens with one attached hydrogen (secondary N) is 1. The molecule has 2 unspecified atom stereocenters. The van der Waals surface area contributed by atoms with Crippen molar-refractivity contribution in [2.75, 3.05) is 6.54 Å². The minimum Gasteiger partial charge on any atom is -0.314 e. The van der Waals surface area contributed by atoms with Crippen LogP contribution in [0.5, 0.6) is 0 Å². The molecule has 0 radical (unpaired) electrons. The van der Waals surface area contributed by atoms with Crippen molar-refractivity contribution in [3.05, 3.63) is 30.1 Å². The number of aromatic nitrogens is 1. The Bertz CT molecular complexity index is 395. The predicted octanol–water partition coefficient (Wildman–Crippen LogP) is 4.06. The Morgan fingerprint density at radius 2 is 1.95 bits per heavy atom. The molecule has 1 aliphatic rings. The molecular weight excluding hydrogens is 244 g/mol. The van der Waals surface area contributed by atoms with E-state index in [4.69, 9.17) is 0 Å². The standard InChI is InChI=1S/C18H30N2/c1-14(2)20-13-16-5-8-18(3,4)12-17(16)11-15-6-9-19-10-7-15/h6-7,9-10,14,16-17,20H,5,8,11-13H2,1-4H3. The normalized spacial score (nSPS) is 25.9. The van der Waals surface area contributed by atoms with E-state index >= 15 is 0 Å². The van der Waals surface area contributed by atoms with Crippen molar-refractivity contribution < 1.29 is 0 Å². The average Bonchev–Trinajstić information content (AvgIpc) is 2.38. The van der Waals surface area contributed by atoms with Crippen molar-refractivity contribution in [3.8, 4) is 0 Å². The van der Waals surface area contributed by atoms with Crippen LogP contribution in [0.2, 0.25) is 0 Å². The van der Waals surface area contributed by atoms with Crippen molar-refractivity contribution in [2.24, 2.45) is 17.3 Å². The molecule has 0 aromatic carbocycles. The summed E-state index contributed by atoms with van der Waals surface area (Å²) < 4.78 is 0. The molecule has 2 rings (SSSR count). The second-order valence-electron chi connectivity index (χ2n) is 7.55. The largest absolute Gasteiger partial charge is 0.314 e. The molecule has 2 heteroatoms. The van der Waals surface area contributed by atoms with Gasteiger partial charge in [0.15, 0.2) is 0 Å². The van der Waals surface area contributed by atoms with Crippen LogP contribution in [0.1, 0.15) is 52.5 Å². The summed E-state index contributed by atoms with van der Waals surface area (Å²) in [6, 6.07) is 4.94. The number of pyridine rings is 1. The summed E-state index contributed by atoms with van der Waals surface area (Å²) in [6.45, 7) is 10.5. The Morgan fingerprint density at radius 1 is 1.25 bits per heavy atom. The first-order valence-corrected chi connectivity index (χ1v) is 8.08. The Balaban J connectivity index is 2.02. The summed E-state index contributed by atoms with van der Waals surface area (Å²) in [6.07, 6.45) is 9.12. The van der Waals surface area contributed by atoms with Crippen LogP contribution in [0.4, 0.5) is 0 Å². The SMILES string of the molecule is CC(C)NCC1CCC(C)(C)CC1Cc1ccncc1. The average molecular weight is 274 g/mol. The lowest BCUT2D eigenvalue weighted by atomic mass is 9.65. The van der Waals surface area contributed by atoms with Gasteiger partial charge in [-0.05, 0) is 67.2 Å². The summed E-state index contributed by atoms with van der Waals surface area (Å²) in [5.41, 5.74) is 1.95. The number of hydrogen-bond acceptors (Lipinski definition) is 2. The Labute approximate surface area is 124 Å². The number of hydrogen-bond donors (Lipinski definition) is 1. The fraction of sp³-hybridized carbons (Fsp3) is 0.722. The van der Waals surface area contributed by atoms with Gasteiger partial charge in [-0.1, -0.05) is 27.7 Å². The third-order valence-corrected chi connectivity index (χ3v) is 4.71. The third-order valence-electron chi connectivity index (χ3n) is 4.71. The molecule has 2 atom stereocenters. The van der Waals surface area contributed by atoms with E-state index in [-0.39, 0.29) is 0 Å². The highest BCUT2D eigenvalue weighted by Crippen LogP contribution is 2.42. The van der Waals surface area contributed by atoms with Crippen molar-refractivity contribution >= 4 is 0 Å². The molecule has 0 saturated heterocycles. The maximum absolute atomic E-state index is 4.13. The molecule has 1 heterocycles. The summed E-state index contributed by atoms with van der Waals surface area (Å²) in [5, 5.41) is 3.65. The molecule has 1 N–H and O–H groups in total. The molecule has 1 aliphatic carbocycles. The summed E-state index contributed by atoms with van der Waals surface area (Å²) >= 11 is 0. The maximum atomic E-state index is 4.13. The van der Waals surface area contributed by atoms with Crippen LogP contribution in [-0.2, 0) is 6.42 Å². The van der Waals surface area contributed by atoms with E-state index < -0.39 is 0 Å². The van der Waals surface area contributed by atoms with Crippen molar-refractivity contribution in [1.82, 2.24) is 10.3 Å². The first-order valence-electron chi connectivity index (χ1n) is 8.08. The molecule has 1 saturated carbocycles. The van der Waals surface area contributed by atoms with Gasteiger partial charge in [-0.25, -0.2) is 0 Å². The summed E-state index contributed by atoms with van der Waals surface area (Å²) in [7, 11) is 0. The second-order valence-corrected chi connectivity index (χ2v) is 7.55. The molecule has 0 bridgehead atoms. The topological polar surface area (TPSA) is 24.9 Å². The van der Waals surface area contributed by atoms with E-state index in [1.54, 1.807) is 0 Å². The molecular formula is C18H30N2. The minimum atomic E-state index is 0.506. The first kappa shape index (κ1) is 15.5. The van der Waals surface area contributed by atoms with Gasteiger partial charge in [-0.3, -0.25) is 4.98 Å². The fourth-order valence-corrected chi connectivity index (χ4v) is 3.51. The van der Waals surface area contributed by atoms with Gasteiger partial charge in [0.2, 0.25) is 0 Å². The quantitative estimate of drug-likeness (QED) is 0.875. The van der Waals surface area contributed by atoms with E-state index in [0.717, 1.165) is 11.8 Å². The van der Waals surface area contributed by atoms with E-state index in [2.05, 4.69) is 50.1 Å². The third kappa shape index (κ3) is 4.59. The van der Waals surface area contributed by atoms with E-state index in [0.29, 0.717) is 11.5 Å². The highest BCUT2D eigenvalue weighted by Gasteiger charge is 2.34. The van der Waals surface area contributed by atoms with Crippen LogP contribution in [-0.4, -0.2) is 17.6 Å². The molecule has 0 spiro atoms. The van der Waals surface area contributed by atoms with Gasteiger partial charge in [0.25, 0.3) is 0 Å². The molecule has 20 heavy (non-hydrogen) atoms. The first-order chi connectivity index (χ1) is 9.46. The summed E-state index contributed by atoms with van der Waals surface area (Å²) in [4.78, 5) is 4.13. The van der Waals surface area contributed by atoms with Gasteiger partial charge < -0.3 is 5.32 Å². The highest BCUT2D eigenvalue weighted by molar-refractivity contribution is 5.11. The summed E-state index contributed by atoms with van der Waals surface area (Å²) in [5.74, 6) is 1.62. The van der Waals surface area contributed by atoms with Gasteiger partial charge in [-0.2, -0.15) is 0 Å². The molecule has 2 nitrogen and oxygen atoms in total. The minimum absolute atomic E-state index is 0.506. The lowest BCUT2D eigenvalue weighted by molar-refractivity contribution is 0.114. The van der Waals surface area contributed by atoms with Crippen molar-refractivity contribution in [3.63, 3.8) is 0 Å². The van der Waals surface area contributed by atoms with Crippen molar-refractivity contribution in [2.45, 2.75) is 59.4 Å². The Hall–Kier alpha value is -0.890. The maximum Gasteiger partial charge on any atom is 0.0270 e. The predicted molar refractivity (Wildman–Crippen MR) is 85.7 cm³/mol. The lowest BCUT2D eigenvalue weighted by Crippen LogP contribution is -2.38. The van der Waals surface area contributed by atoms with E-state index in [9.17, 15) is 0 Å². The van der Waals surface area contributed by atoms with E-state index in [1.807, 2.05) is 12.4 Å². The van der Waals surface area contributed by atoms with Gasteiger partial charge in [0, 0.05) is 18.4 Å². The zero-order valence-corrected chi connectivity index (χ0v) is 13.5. The van der Waals surface area contributed by atoms with E-state index in [1.165, 1.54) is 37.8 Å². The van der Waals surface area contributed by atoms with Gasteiger partial charge in [-0.15, -0.1) is 0 Å². The number of rotatable bonds is 5. The van der Waals surface area contributed by atoms with Crippen LogP contribution in [0.3, 0.4) is 0 Å². The Morgan fingerprint density at radius 3 is 2.60 bits per heavy atom. The molecule has 0 amide bonds. The zero-order valence-electron chi connectivity index (χ0n) is 13.5. The molecule has 1 aromatic rings. The van der Waals surface area contributed by atoms with Gasteiger partial charge in [0.05, 0.1) is 0 Å². The van der Waals surface area contributed by atoms with Crippen LogP contribution >= 0.6 is 0 Å². The molecule has 1 fully saturated rings. The molecule has 0 aliphatic heterocycles. The Kier molecular flexibility index (Phi) is 5.20. The van der Waals surface area contributed by atoms with Crippen LogP contribution in [0, 0.1) is 17.3 Å². The van der Waals surface area contributed by atoms with Crippen molar-refractivity contribution in [1.29, 1.82) is 0 Å². The van der Waals surface area contributed by atoms with Crippen LogP contribution in [0.25, 0.3) is 0 Å². The lowest BCUT2D eigenvalue weighted by Gasteiger charge is -2.41. The zero-order chi connectivity index (χ0) is 14.6. The monoisotopic (exact) mass is 274 g/mol. The molecule has 1 aromatic heterocycles. The molecule has 112 valence electrons. The number of nitrogens with zero attached hydrogens (tertiary/aromatic N) is 1. The fourth-order valence-electron chi connectivity index (χ4n) is 3.51. The second kappa shape index (κ2) is 6.71. The smallest absolute Gasteiger partial charge is 0.0270 e. The van der Waals surface area contributed by atoms with Gasteiger partial charge in [0.1, 0.15) is 0 Å². The highest BCUT2D eigenvalue weighted by atomic mass is 14.9.